The van der Waals surface area contributed by atoms with E-state index in [0.29, 0.717) is 5.56 Å². The molecule has 0 bridgehead atoms. The van der Waals surface area contributed by atoms with Crippen LogP contribution in [0, 0.1) is 10.1 Å². The molecule has 0 radical (unpaired) electrons. The Hall–Kier alpha value is -3.98. The van der Waals surface area contributed by atoms with Crippen LogP contribution in [0.2, 0.25) is 0 Å². The molecule has 1 aliphatic rings. The molecule has 1 atom stereocenters. The third-order valence-corrected chi connectivity index (χ3v) is 5.65. The minimum Gasteiger partial charge on any atom is -0.507 e. The van der Waals surface area contributed by atoms with Gasteiger partial charge in [0.25, 0.3) is 17.4 Å². The number of carbonyl (C=O) groups excluding carboxylic acids is 2. The molecule has 1 fully saturated rings. The predicted molar refractivity (Wildman–Crippen MR) is 117 cm³/mol. The summed E-state index contributed by atoms with van der Waals surface area (Å²) in [6, 6.07) is 11.9. The second-order valence-electron chi connectivity index (χ2n) is 7.50. The summed E-state index contributed by atoms with van der Waals surface area (Å²) in [5, 5.41) is 22.9. The van der Waals surface area contributed by atoms with Gasteiger partial charge in [-0.05, 0) is 18.2 Å². The van der Waals surface area contributed by atoms with Gasteiger partial charge in [-0.3, -0.25) is 19.7 Å². The van der Waals surface area contributed by atoms with Crippen molar-refractivity contribution in [1.29, 1.82) is 0 Å². The van der Waals surface area contributed by atoms with Crippen LogP contribution in [0.4, 0.5) is 5.69 Å². The Morgan fingerprint density at radius 3 is 2.50 bits per heavy atom. The number of ether oxygens (including phenoxy) is 1. The van der Waals surface area contributed by atoms with Crippen LogP contribution >= 0.6 is 0 Å². The van der Waals surface area contributed by atoms with Gasteiger partial charge in [0, 0.05) is 61.1 Å². The van der Waals surface area contributed by atoms with Gasteiger partial charge in [-0.15, -0.1) is 0 Å². The Bertz CT molecular complexity index is 1260. The fourth-order valence-electron chi connectivity index (χ4n) is 4.11. The summed E-state index contributed by atoms with van der Waals surface area (Å²) in [5.41, 5.74) is 1.62. The minimum absolute atomic E-state index is 0.0590. The van der Waals surface area contributed by atoms with Gasteiger partial charge in [0.1, 0.15) is 5.76 Å². The highest BCUT2D eigenvalue weighted by Gasteiger charge is 2.46. The topological polar surface area (TPSA) is 115 Å². The van der Waals surface area contributed by atoms with Crippen molar-refractivity contribution >= 4 is 34.0 Å². The molecule has 9 nitrogen and oxygen atoms in total. The number of fused-ring (bicyclic) bond motifs is 1. The number of aliphatic hydroxyl groups is 1. The average molecular weight is 435 g/mol. The third-order valence-electron chi connectivity index (χ3n) is 5.65. The number of nitrogens with zero attached hydrogens (tertiary/aromatic N) is 3. The molecule has 3 aromatic rings. The van der Waals surface area contributed by atoms with Crippen molar-refractivity contribution < 1.29 is 24.4 Å². The molecule has 1 amide bonds. The van der Waals surface area contributed by atoms with E-state index in [1.165, 1.54) is 36.3 Å². The van der Waals surface area contributed by atoms with E-state index in [-0.39, 0.29) is 35.7 Å². The highest BCUT2D eigenvalue weighted by atomic mass is 16.6. The van der Waals surface area contributed by atoms with Crippen LogP contribution in [0.15, 0.2) is 60.3 Å². The van der Waals surface area contributed by atoms with Gasteiger partial charge >= 0.3 is 0 Å². The first-order valence-electron chi connectivity index (χ1n) is 9.91. The van der Waals surface area contributed by atoms with Crippen molar-refractivity contribution in [2.45, 2.75) is 6.04 Å². The van der Waals surface area contributed by atoms with Crippen LogP contribution in [-0.4, -0.2) is 51.4 Å². The van der Waals surface area contributed by atoms with Gasteiger partial charge in [0.15, 0.2) is 0 Å². The molecule has 2 heterocycles. The van der Waals surface area contributed by atoms with Crippen LogP contribution in [0.1, 0.15) is 17.2 Å². The number of nitro benzene ring substituents is 1. The van der Waals surface area contributed by atoms with Gasteiger partial charge in [0.2, 0.25) is 0 Å². The van der Waals surface area contributed by atoms with Gasteiger partial charge in [-0.2, -0.15) is 0 Å². The monoisotopic (exact) mass is 435 g/mol. The smallest absolute Gasteiger partial charge is 0.295 e. The van der Waals surface area contributed by atoms with Crippen LogP contribution in [-0.2, 0) is 21.4 Å². The molecule has 1 N–H and O–H groups in total. The first kappa shape index (κ1) is 21.3. The summed E-state index contributed by atoms with van der Waals surface area (Å²) in [4.78, 5) is 37.7. The Balaban J connectivity index is 1.92. The molecule has 4 rings (SSSR count). The number of Topliss-reactive ketones (excluding diaryl/α,β-unsaturated/α-hetero) is 1. The second kappa shape index (κ2) is 8.27. The Morgan fingerprint density at radius 2 is 1.84 bits per heavy atom. The zero-order valence-electron chi connectivity index (χ0n) is 17.5. The predicted octanol–water partition coefficient (Wildman–Crippen LogP) is 3.15. The van der Waals surface area contributed by atoms with Crippen molar-refractivity contribution in [1.82, 2.24) is 9.47 Å². The zero-order valence-corrected chi connectivity index (χ0v) is 17.5. The Kier molecular flexibility index (Phi) is 5.50. The summed E-state index contributed by atoms with van der Waals surface area (Å²) in [7, 11) is 3.36. The van der Waals surface area contributed by atoms with E-state index in [2.05, 4.69) is 0 Å². The highest BCUT2D eigenvalue weighted by molar-refractivity contribution is 6.46. The molecule has 1 aromatic heterocycles. The maximum Gasteiger partial charge on any atom is 0.295 e. The molecule has 1 aliphatic heterocycles. The Morgan fingerprint density at radius 1 is 1.16 bits per heavy atom. The lowest BCUT2D eigenvalue weighted by Crippen LogP contribution is -2.32. The van der Waals surface area contributed by atoms with E-state index in [1.807, 2.05) is 42.1 Å². The number of ketones is 1. The van der Waals surface area contributed by atoms with Crippen LogP contribution < -0.4 is 0 Å². The summed E-state index contributed by atoms with van der Waals surface area (Å²) >= 11 is 0. The number of non-ortho nitro benzene ring substituents is 1. The molecule has 2 aromatic carbocycles. The summed E-state index contributed by atoms with van der Waals surface area (Å²) < 4.78 is 7.02. The quantitative estimate of drug-likeness (QED) is 0.209. The van der Waals surface area contributed by atoms with Crippen molar-refractivity contribution in [2.75, 3.05) is 20.3 Å². The molecular weight excluding hydrogens is 414 g/mol. The lowest BCUT2D eigenvalue weighted by molar-refractivity contribution is -0.384. The number of amides is 1. The SMILES string of the molecule is COCCN1C(=O)C(=O)/C(=C(/O)c2ccc([N+](=O)[O-])cc2)C1c1cn(C)c2ccccc12. The molecule has 9 heteroatoms. The molecule has 0 spiro atoms. The second-order valence-corrected chi connectivity index (χ2v) is 7.50. The number of methoxy groups -OCH3 is 1. The molecule has 0 aliphatic carbocycles. The molecular formula is C23H21N3O6. The largest absolute Gasteiger partial charge is 0.507 e. The fourth-order valence-corrected chi connectivity index (χ4v) is 4.11. The number of hydrogen-bond acceptors (Lipinski definition) is 6. The van der Waals surface area contributed by atoms with E-state index in [9.17, 15) is 24.8 Å². The Labute approximate surface area is 183 Å². The first-order valence-corrected chi connectivity index (χ1v) is 9.91. The van der Waals surface area contributed by atoms with E-state index in [1.54, 1.807) is 0 Å². The number of para-hydroxylation sites is 1. The first-order chi connectivity index (χ1) is 15.3. The molecule has 1 saturated heterocycles. The number of benzene rings is 2. The number of aliphatic hydroxyl groups excluding tert-OH is 1. The third kappa shape index (κ3) is 3.42. The van der Waals surface area contributed by atoms with Crippen molar-refractivity contribution in [2.24, 2.45) is 7.05 Å². The van der Waals surface area contributed by atoms with Crippen molar-refractivity contribution in [3.05, 3.63) is 81.5 Å². The van der Waals surface area contributed by atoms with Crippen LogP contribution in [0.5, 0.6) is 0 Å². The normalized spacial score (nSPS) is 17.9. The number of aryl methyl sites for hydroxylation is 1. The van der Waals surface area contributed by atoms with E-state index in [0.717, 1.165) is 10.9 Å². The molecule has 0 saturated carbocycles. The summed E-state index contributed by atoms with van der Waals surface area (Å²) in [5.74, 6) is -1.92. The van der Waals surface area contributed by atoms with E-state index >= 15 is 0 Å². The number of carbonyl (C=O) groups is 2. The number of aromatic nitrogens is 1. The maximum absolute atomic E-state index is 13.0. The fraction of sp³-hybridized carbons (Fsp3) is 0.217. The van der Waals surface area contributed by atoms with Gasteiger partial charge < -0.3 is 19.3 Å². The van der Waals surface area contributed by atoms with E-state index < -0.39 is 22.7 Å². The van der Waals surface area contributed by atoms with Crippen molar-refractivity contribution in [3.8, 4) is 0 Å². The van der Waals surface area contributed by atoms with Crippen LogP contribution in [0.25, 0.3) is 16.7 Å². The van der Waals surface area contributed by atoms with Crippen LogP contribution in [0.3, 0.4) is 0 Å². The lowest BCUT2D eigenvalue weighted by atomic mass is 9.95. The number of rotatable bonds is 6. The van der Waals surface area contributed by atoms with Gasteiger partial charge in [0.05, 0.1) is 23.1 Å². The lowest BCUT2D eigenvalue weighted by Gasteiger charge is -2.24. The summed E-state index contributed by atoms with van der Waals surface area (Å²) in [6.07, 6.45) is 1.84. The van der Waals surface area contributed by atoms with E-state index in [4.69, 9.17) is 4.74 Å². The number of hydrogen-bond donors (Lipinski definition) is 1. The average Bonchev–Trinajstić information content (AvgIpc) is 3.25. The van der Waals surface area contributed by atoms with Gasteiger partial charge in [-0.25, -0.2) is 0 Å². The molecule has 164 valence electrons. The molecule has 1 unspecified atom stereocenters. The maximum atomic E-state index is 13.0. The van der Waals surface area contributed by atoms with Crippen molar-refractivity contribution in [3.63, 3.8) is 0 Å². The summed E-state index contributed by atoms with van der Waals surface area (Å²) in [6.45, 7) is 0.373. The minimum atomic E-state index is -0.827. The highest BCUT2D eigenvalue weighted by Crippen LogP contribution is 2.42. The number of nitro groups is 1. The van der Waals surface area contributed by atoms with Gasteiger partial charge in [-0.1, -0.05) is 18.2 Å². The standard InChI is InChI=1S/C23H21N3O6/c1-24-13-17(16-5-3-4-6-18(16)24)20-19(22(28)23(29)25(20)11-12-32-2)21(27)14-7-9-15(10-8-14)26(30)31/h3-10,13,20,27H,11-12H2,1-2H3/b21-19+. The number of likely N-dealkylation sites (tertiary alicyclic amines) is 1. The zero-order chi connectivity index (χ0) is 23.0. The molecule has 32 heavy (non-hydrogen) atoms.